The lowest BCUT2D eigenvalue weighted by Crippen LogP contribution is -2.45. The molecule has 4 heteroatoms. The van der Waals surface area contributed by atoms with E-state index in [0.717, 1.165) is 13.1 Å². The van der Waals surface area contributed by atoms with Crippen LogP contribution in [0.15, 0.2) is 12.7 Å². The molecule has 0 saturated heterocycles. The highest BCUT2D eigenvalue weighted by molar-refractivity contribution is 5.69. The topological polar surface area (TPSA) is 43.8 Å². The van der Waals surface area contributed by atoms with Crippen molar-refractivity contribution in [2.24, 2.45) is 0 Å². The van der Waals surface area contributed by atoms with Gasteiger partial charge in [-0.25, -0.2) is 10.0 Å². The van der Waals surface area contributed by atoms with Crippen LogP contribution in [0, 0.1) is 0 Å². The number of hydrazine groups is 1. The van der Waals surface area contributed by atoms with E-state index in [4.69, 9.17) is 5.11 Å². The largest absolute Gasteiger partial charge is 0.480 e. The Morgan fingerprint density at radius 2 is 1.92 bits per heavy atom. The van der Waals surface area contributed by atoms with Gasteiger partial charge < -0.3 is 5.11 Å². The first-order chi connectivity index (χ1) is 6.15. The van der Waals surface area contributed by atoms with Crippen LogP contribution >= 0.6 is 0 Å². The first kappa shape index (κ1) is 12.1. The number of rotatable bonds is 7. The van der Waals surface area contributed by atoms with Gasteiger partial charge in [0.15, 0.2) is 0 Å². The second-order valence-corrected chi connectivity index (χ2v) is 2.67. The maximum atomic E-state index is 10.5. The molecular formula is C9H18N2O2. The normalized spacial score (nSPS) is 10.8. The van der Waals surface area contributed by atoms with Crippen molar-refractivity contribution < 1.29 is 9.90 Å². The van der Waals surface area contributed by atoms with Crippen molar-refractivity contribution in [3.63, 3.8) is 0 Å². The third-order valence-corrected chi connectivity index (χ3v) is 1.79. The highest BCUT2D eigenvalue weighted by atomic mass is 16.4. The van der Waals surface area contributed by atoms with Crippen LogP contribution in [0.4, 0.5) is 0 Å². The fourth-order valence-corrected chi connectivity index (χ4v) is 1.21. The first-order valence-corrected chi connectivity index (χ1v) is 4.48. The van der Waals surface area contributed by atoms with Gasteiger partial charge in [-0.2, -0.15) is 0 Å². The lowest BCUT2D eigenvalue weighted by Gasteiger charge is -2.31. The smallest absolute Gasteiger partial charge is 0.319 e. The van der Waals surface area contributed by atoms with Gasteiger partial charge in [0.2, 0.25) is 0 Å². The molecule has 0 spiro atoms. The quantitative estimate of drug-likeness (QED) is 0.472. The summed E-state index contributed by atoms with van der Waals surface area (Å²) in [5, 5.41) is 12.4. The molecule has 0 rings (SSSR count). The summed E-state index contributed by atoms with van der Waals surface area (Å²) in [6.07, 6.45) is 1.71. The van der Waals surface area contributed by atoms with E-state index < -0.39 is 5.97 Å². The van der Waals surface area contributed by atoms with Crippen molar-refractivity contribution in [3.05, 3.63) is 12.7 Å². The predicted molar refractivity (Wildman–Crippen MR) is 52.3 cm³/mol. The van der Waals surface area contributed by atoms with Crippen LogP contribution in [0.25, 0.3) is 0 Å². The average molecular weight is 186 g/mol. The SMILES string of the molecule is C=CCN(CC(=O)O)N(CC)CC. The number of hydrogen-bond acceptors (Lipinski definition) is 3. The first-order valence-electron chi connectivity index (χ1n) is 4.48. The Morgan fingerprint density at radius 3 is 2.23 bits per heavy atom. The highest BCUT2D eigenvalue weighted by Crippen LogP contribution is 1.97. The highest BCUT2D eigenvalue weighted by Gasteiger charge is 2.13. The maximum Gasteiger partial charge on any atom is 0.319 e. The lowest BCUT2D eigenvalue weighted by atomic mass is 10.5. The molecule has 0 aliphatic carbocycles. The van der Waals surface area contributed by atoms with E-state index in [2.05, 4.69) is 6.58 Å². The van der Waals surface area contributed by atoms with Gasteiger partial charge in [-0.05, 0) is 0 Å². The minimum absolute atomic E-state index is 0.0354. The van der Waals surface area contributed by atoms with Crippen molar-refractivity contribution in [1.82, 2.24) is 10.0 Å². The molecule has 0 atom stereocenters. The molecule has 13 heavy (non-hydrogen) atoms. The Labute approximate surface area is 79.4 Å². The molecule has 0 aromatic rings. The third kappa shape index (κ3) is 4.65. The van der Waals surface area contributed by atoms with Crippen LogP contribution in [0.5, 0.6) is 0 Å². The Kier molecular flexibility index (Phi) is 6.18. The van der Waals surface area contributed by atoms with Gasteiger partial charge in [-0.1, -0.05) is 19.9 Å². The second kappa shape index (κ2) is 6.62. The van der Waals surface area contributed by atoms with E-state index in [-0.39, 0.29) is 6.54 Å². The van der Waals surface area contributed by atoms with Crippen molar-refractivity contribution in [3.8, 4) is 0 Å². The van der Waals surface area contributed by atoms with Crippen LogP contribution in [-0.4, -0.2) is 47.3 Å². The van der Waals surface area contributed by atoms with E-state index in [1.165, 1.54) is 0 Å². The Hall–Kier alpha value is -0.870. The van der Waals surface area contributed by atoms with E-state index in [9.17, 15) is 4.79 Å². The van der Waals surface area contributed by atoms with Crippen molar-refractivity contribution in [2.75, 3.05) is 26.2 Å². The van der Waals surface area contributed by atoms with Gasteiger partial charge in [-0.15, -0.1) is 6.58 Å². The summed E-state index contributed by atoms with van der Waals surface area (Å²) in [4.78, 5) is 10.5. The van der Waals surface area contributed by atoms with Crippen molar-refractivity contribution >= 4 is 5.97 Å². The fraction of sp³-hybridized carbons (Fsp3) is 0.667. The monoisotopic (exact) mass is 186 g/mol. The molecule has 4 nitrogen and oxygen atoms in total. The zero-order valence-corrected chi connectivity index (χ0v) is 8.36. The molecule has 0 radical (unpaired) electrons. The number of carbonyl (C=O) groups is 1. The maximum absolute atomic E-state index is 10.5. The summed E-state index contributed by atoms with van der Waals surface area (Å²) in [7, 11) is 0. The number of carboxylic acids is 1. The van der Waals surface area contributed by atoms with Crippen LogP contribution in [-0.2, 0) is 4.79 Å². The van der Waals surface area contributed by atoms with Crippen LogP contribution < -0.4 is 0 Å². The molecule has 0 fully saturated rings. The molecule has 0 aliphatic heterocycles. The molecule has 0 bridgehead atoms. The third-order valence-electron chi connectivity index (χ3n) is 1.79. The zero-order chi connectivity index (χ0) is 10.3. The second-order valence-electron chi connectivity index (χ2n) is 2.67. The van der Waals surface area contributed by atoms with Gasteiger partial charge in [0.1, 0.15) is 6.54 Å². The predicted octanol–water partition coefficient (Wildman–Crippen LogP) is 0.816. The molecule has 0 amide bonds. The zero-order valence-electron chi connectivity index (χ0n) is 8.36. The summed E-state index contributed by atoms with van der Waals surface area (Å²) in [6, 6.07) is 0. The molecule has 0 aromatic carbocycles. The number of nitrogens with zero attached hydrogens (tertiary/aromatic N) is 2. The van der Waals surface area contributed by atoms with Gasteiger partial charge >= 0.3 is 5.97 Å². The molecule has 76 valence electrons. The van der Waals surface area contributed by atoms with Gasteiger partial charge in [0.25, 0.3) is 0 Å². The Balaban J connectivity index is 4.18. The Bertz CT molecular complexity index is 167. The molecular weight excluding hydrogens is 168 g/mol. The molecule has 0 aliphatic rings. The number of carboxylic acid groups (broad SMARTS) is 1. The average Bonchev–Trinajstić information content (AvgIpc) is 2.05. The van der Waals surface area contributed by atoms with E-state index >= 15 is 0 Å². The standard InChI is InChI=1S/C9H18N2O2/c1-4-7-11(8-9(12)13)10(5-2)6-3/h4H,1,5-8H2,2-3H3,(H,12,13). The van der Waals surface area contributed by atoms with Crippen LogP contribution in [0.2, 0.25) is 0 Å². The van der Waals surface area contributed by atoms with Gasteiger partial charge in [0, 0.05) is 19.6 Å². The van der Waals surface area contributed by atoms with E-state index in [0.29, 0.717) is 6.54 Å². The summed E-state index contributed by atoms with van der Waals surface area (Å²) in [6.45, 7) is 9.85. The molecule has 0 aromatic heterocycles. The fourth-order valence-electron chi connectivity index (χ4n) is 1.21. The molecule has 1 N–H and O–H groups in total. The van der Waals surface area contributed by atoms with Gasteiger partial charge in [-0.3, -0.25) is 4.79 Å². The molecule has 0 heterocycles. The summed E-state index contributed by atoms with van der Waals surface area (Å²) in [5.74, 6) is -0.811. The molecule has 0 unspecified atom stereocenters. The lowest BCUT2D eigenvalue weighted by molar-refractivity contribution is -0.143. The van der Waals surface area contributed by atoms with Crippen molar-refractivity contribution in [2.45, 2.75) is 13.8 Å². The van der Waals surface area contributed by atoms with Crippen molar-refractivity contribution in [1.29, 1.82) is 0 Å². The van der Waals surface area contributed by atoms with Crippen LogP contribution in [0.1, 0.15) is 13.8 Å². The summed E-state index contributed by atoms with van der Waals surface area (Å²) >= 11 is 0. The summed E-state index contributed by atoms with van der Waals surface area (Å²) in [5.41, 5.74) is 0. The van der Waals surface area contributed by atoms with Crippen LogP contribution in [0.3, 0.4) is 0 Å². The minimum atomic E-state index is -0.811. The minimum Gasteiger partial charge on any atom is -0.480 e. The van der Waals surface area contributed by atoms with E-state index in [1.54, 1.807) is 11.1 Å². The number of aliphatic carboxylic acids is 1. The number of hydrogen-bond donors (Lipinski definition) is 1. The molecule has 0 saturated carbocycles. The summed E-state index contributed by atoms with van der Waals surface area (Å²) < 4.78 is 0. The Morgan fingerprint density at radius 1 is 1.38 bits per heavy atom. The van der Waals surface area contributed by atoms with E-state index in [1.807, 2.05) is 18.9 Å². The van der Waals surface area contributed by atoms with Gasteiger partial charge in [0.05, 0.1) is 0 Å².